The summed E-state index contributed by atoms with van der Waals surface area (Å²) in [5.74, 6) is -4.07. The van der Waals surface area contributed by atoms with Crippen LogP contribution in [0.3, 0.4) is 0 Å². The monoisotopic (exact) mass is 419 g/mol. The maximum Gasteiger partial charge on any atom is 0.322 e. The Morgan fingerprint density at radius 1 is 1.43 bits per heavy atom. The molecule has 0 saturated carbocycles. The number of carbonyl (C=O) groups is 1. The number of hydrogen-bond donors (Lipinski definition) is 2. The van der Waals surface area contributed by atoms with Gasteiger partial charge in [-0.2, -0.15) is 19.1 Å². The fourth-order valence-electron chi connectivity index (χ4n) is 4.02. The zero-order valence-electron chi connectivity index (χ0n) is 16.0. The second-order valence-electron chi connectivity index (χ2n) is 7.66. The van der Waals surface area contributed by atoms with E-state index in [1.54, 1.807) is 6.07 Å². The molecule has 0 unspecified atom stereocenters. The van der Waals surface area contributed by atoms with Crippen LogP contribution in [0.4, 0.5) is 23.7 Å². The van der Waals surface area contributed by atoms with Crippen molar-refractivity contribution < 1.29 is 23.1 Å². The van der Waals surface area contributed by atoms with E-state index in [9.17, 15) is 23.1 Å². The molecule has 4 rings (SSSR count). The van der Waals surface area contributed by atoms with Crippen LogP contribution < -0.4 is 5.32 Å². The quantitative estimate of drug-likeness (QED) is 0.783. The van der Waals surface area contributed by atoms with E-state index in [4.69, 9.17) is 5.26 Å². The smallest absolute Gasteiger partial charge is 0.322 e. The molecule has 1 aromatic heterocycles. The number of aromatic nitrogens is 2. The Morgan fingerprint density at radius 2 is 2.23 bits per heavy atom. The molecule has 2 aliphatic heterocycles. The normalized spacial score (nSPS) is 20.0. The number of alkyl halides is 2. The number of nitrogens with one attached hydrogen (secondary N) is 1. The van der Waals surface area contributed by atoms with Crippen molar-refractivity contribution in [3.63, 3.8) is 0 Å². The minimum atomic E-state index is -3.09. The first-order valence-corrected chi connectivity index (χ1v) is 9.65. The first-order chi connectivity index (χ1) is 14.3. The molecule has 2 amide bonds. The van der Waals surface area contributed by atoms with Gasteiger partial charge < -0.3 is 15.3 Å². The molecule has 7 nitrogen and oxygen atoms in total. The number of carbonyl (C=O) groups excluding carboxylic acids is 1. The van der Waals surface area contributed by atoms with E-state index in [-0.39, 0.29) is 61.9 Å². The summed E-state index contributed by atoms with van der Waals surface area (Å²) in [4.78, 5) is 14.1. The van der Waals surface area contributed by atoms with Crippen molar-refractivity contribution in [2.24, 2.45) is 5.92 Å². The van der Waals surface area contributed by atoms with Crippen molar-refractivity contribution in [2.75, 3.05) is 18.5 Å². The molecule has 1 atom stereocenters. The van der Waals surface area contributed by atoms with Gasteiger partial charge in [0.05, 0.1) is 17.8 Å². The van der Waals surface area contributed by atoms with Crippen molar-refractivity contribution in [3.8, 4) is 6.07 Å². The van der Waals surface area contributed by atoms with Crippen LogP contribution in [0.5, 0.6) is 0 Å². The average molecular weight is 419 g/mol. The van der Waals surface area contributed by atoms with Crippen LogP contribution in [0.15, 0.2) is 18.2 Å². The van der Waals surface area contributed by atoms with Crippen molar-refractivity contribution >= 4 is 11.7 Å². The zero-order chi connectivity index (χ0) is 21.5. The first kappa shape index (κ1) is 20.2. The van der Waals surface area contributed by atoms with E-state index in [1.165, 1.54) is 21.7 Å². The lowest BCUT2D eigenvalue weighted by Gasteiger charge is -2.28. The van der Waals surface area contributed by atoms with E-state index < -0.39 is 17.8 Å². The van der Waals surface area contributed by atoms with Gasteiger partial charge >= 0.3 is 6.03 Å². The second-order valence-corrected chi connectivity index (χ2v) is 7.66. The highest BCUT2D eigenvalue weighted by molar-refractivity contribution is 5.89. The van der Waals surface area contributed by atoms with Gasteiger partial charge in [0.15, 0.2) is 0 Å². The third kappa shape index (κ3) is 3.61. The predicted molar refractivity (Wildman–Crippen MR) is 100 cm³/mol. The summed E-state index contributed by atoms with van der Waals surface area (Å²) in [6.45, 7) is 0.294. The molecule has 158 valence electrons. The molecular weight excluding hydrogens is 399 g/mol. The standard InChI is InChI=1S/C20H20F3N5O2/c21-16-2-1-14(7-13(16)8-24)25-19(30)27-6-4-17-15(10-27)18-20(22,23)5-3-12(11-29)9-28(18)26-17/h1-2,7,12,29H,3-6,9-11H2,(H,25,30)/t12-/m1/s1. The van der Waals surface area contributed by atoms with Gasteiger partial charge in [-0.05, 0) is 24.6 Å². The summed E-state index contributed by atoms with van der Waals surface area (Å²) in [7, 11) is 0. The van der Waals surface area contributed by atoms with Crippen LogP contribution in [0, 0.1) is 23.1 Å². The molecule has 2 N–H and O–H groups in total. The van der Waals surface area contributed by atoms with E-state index in [1.807, 2.05) is 0 Å². The van der Waals surface area contributed by atoms with Gasteiger partial charge in [-0.1, -0.05) is 0 Å². The number of hydrogen-bond acceptors (Lipinski definition) is 4. The van der Waals surface area contributed by atoms with Crippen molar-refractivity contribution in [1.82, 2.24) is 14.7 Å². The van der Waals surface area contributed by atoms with Gasteiger partial charge in [-0.25, -0.2) is 9.18 Å². The van der Waals surface area contributed by atoms with Crippen LogP contribution in [-0.4, -0.2) is 39.0 Å². The van der Waals surface area contributed by atoms with Gasteiger partial charge in [-0.15, -0.1) is 0 Å². The molecule has 30 heavy (non-hydrogen) atoms. The number of urea groups is 1. The summed E-state index contributed by atoms with van der Waals surface area (Å²) in [6.07, 6.45) is 0.141. The Kier molecular flexibility index (Phi) is 5.15. The van der Waals surface area contributed by atoms with Gasteiger partial charge in [0, 0.05) is 49.7 Å². The molecule has 2 aliphatic rings. The van der Waals surface area contributed by atoms with Crippen molar-refractivity contribution in [2.45, 2.75) is 38.3 Å². The summed E-state index contributed by atoms with van der Waals surface area (Å²) in [6, 6.07) is 4.81. The fourth-order valence-corrected chi connectivity index (χ4v) is 4.02. The Bertz CT molecular complexity index is 1030. The van der Waals surface area contributed by atoms with E-state index in [0.29, 0.717) is 17.7 Å². The highest BCUT2D eigenvalue weighted by atomic mass is 19.3. The Balaban J connectivity index is 1.57. The highest BCUT2D eigenvalue weighted by Crippen LogP contribution is 2.41. The molecule has 0 radical (unpaired) electrons. The predicted octanol–water partition coefficient (Wildman–Crippen LogP) is 2.98. The summed E-state index contributed by atoms with van der Waals surface area (Å²) in [5.41, 5.74) is 0.750. The molecule has 0 aliphatic carbocycles. The topological polar surface area (TPSA) is 94.2 Å². The Morgan fingerprint density at radius 3 is 2.97 bits per heavy atom. The Hall–Kier alpha value is -3.06. The molecule has 1 aromatic carbocycles. The Labute approximate surface area is 170 Å². The third-order valence-corrected chi connectivity index (χ3v) is 5.63. The maximum absolute atomic E-state index is 14.9. The van der Waals surface area contributed by atoms with Crippen LogP contribution in [0.25, 0.3) is 0 Å². The van der Waals surface area contributed by atoms with Crippen LogP contribution >= 0.6 is 0 Å². The number of fused-ring (bicyclic) bond motifs is 3. The van der Waals surface area contributed by atoms with Gasteiger partial charge in [0.2, 0.25) is 0 Å². The first-order valence-electron chi connectivity index (χ1n) is 9.65. The van der Waals surface area contributed by atoms with E-state index >= 15 is 0 Å². The van der Waals surface area contributed by atoms with E-state index in [0.717, 1.165) is 6.07 Å². The molecule has 0 spiro atoms. The summed E-state index contributed by atoms with van der Waals surface area (Å²) < 4.78 is 44.5. The molecule has 0 fully saturated rings. The number of aliphatic hydroxyl groups excluding tert-OH is 1. The van der Waals surface area contributed by atoms with Gasteiger partial charge in [-0.3, -0.25) is 4.68 Å². The minimum absolute atomic E-state index is 0.0256. The summed E-state index contributed by atoms with van der Waals surface area (Å²) >= 11 is 0. The van der Waals surface area contributed by atoms with Gasteiger partial charge in [0.25, 0.3) is 5.92 Å². The molecular formula is C20H20F3N5O2. The van der Waals surface area contributed by atoms with Crippen LogP contribution in [0.1, 0.15) is 35.4 Å². The SMILES string of the molecule is N#Cc1cc(NC(=O)N2CCc3nn4c(c3C2)C(F)(F)CC[C@@H](CO)C4)ccc1F. The minimum Gasteiger partial charge on any atom is -0.396 e. The van der Waals surface area contributed by atoms with Gasteiger partial charge in [0.1, 0.15) is 17.6 Å². The highest BCUT2D eigenvalue weighted by Gasteiger charge is 2.43. The van der Waals surface area contributed by atoms with Crippen molar-refractivity contribution in [3.05, 3.63) is 46.5 Å². The number of anilines is 1. The van der Waals surface area contributed by atoms with Crippen molar-refractivity contribution in [1.29, 1.82) is 5.26 Å². The lowest BCUT2D eigenvalue weighted by atomic mass is 9.98. The largest absolute Gasteiger partial charge is 0.396 e. The molecule has 0 saturated heterocycles. The number of benzene rings is 1. The van der Waals surface area contributed by atoms with Crippen LogP contribution in [-0.2, 0) is 25.4 Å². The number of rotatable bonds is 2. The number of aliphatic hydroxyl groups is 1. The molecule has 0 bridgehead atoms. The molecule has 2 aromatic rings. The average Bonchev–Trinajstić information content (AvgIpc) is 3.04. The second kappa shape index (κ2) is 7.65. The van der Waals surface area contributed by atoms with Crippen LogP contribution in [0.2, 0.25) is 0 Å². The number of halogens is 3. The third-order valence-electron chi connectivity index (χ3n) is 5.63. The zero-order valence-corrected chi connectivity index (χ0v) is 16.0. The molecule has 3 heterocycles. The van der Waals surface area contributed by atoms with E-state index in [2.05, 4.69) is 10.4 Å². The number of nitriles is 1. The molecule has 10 heteroatoms. The number of nitrogens with zero attached hydrogens (tertiary/aromatic N) is 4. The number of amides is 2. The summed E-state index contributed by atoms with van der Waals surface area (Å²) in [5, 5.41) is 25.3. The lowest BCUT2D eigenvalue weighted by Crippen LogP contribution is -2.39. The lowest BCUT2D eigenvalue weighted by molar-refractivity contribution is -0.0226. The maximum atomic E-state index is 14.9. The fraction of sp³-hybridized carbons (Fsp3) is 0.450.